The van der Waals surface area contributed by atoms with Crippen molar-refractivity contribution in [2.24, 2.45) is 0 Å². The van der Waals surface area contributed by atoms with E-state index in [-0.39, 0.29) is 17.4 Å². The van der Waals surface area contributed by atoms with Crippen molar-refractivity contribution < 1.29 is 26.7 Å². The Morgan fingerprint density at radius 3 is 2.58 bits per heavy atom. The van der Waals surface area contributed by atoms with Crippen molar-refractivity contribution in [2.45, 2.75) is 18.2 Å². The number of carbonyl (C=O) groups is 1. The summed E-state index contributed by atoms with van der Waals surface area (Å²) in [6.45, 7) is 1.79. The molecule has 0 aliphatic heterocycles. The number of carbonyl (C=O) groups excluding carboxylic acids is 1. The molecular formula is C14H13F2N3O4S. The number of hydrogen-bond acceptors (Lipinski definition) is 6. The zero-order valence-corrected chi connectivity index (χ0v) is 13.3. The maximum absolute atomic E-state index is 12.9. The first-order valence-electron chi connectivity index (χ1n) is 6.75. The smallest absolute Gasteiger partial charge is 0.281 e. The third-order valence-electron chi connectivity index (χ3n) is 2.82. The lowest BCUT2D eigenvalue weighted by atomic mass is 10.2. The van der Waals surface area contributed by atoms with Crippen LogP contribution < -0.4 is 9.46 Å². The van der Waals surface area contributed by atoms with Gasteiger partial charge >= 0.3 is 0 Å². The number of hydrogen-bond donors (Lipinski definition) is 1. The molecule has 0 aliphatic carbocycles. The molecule has 2 rings (SSSR count). The Morgan fingerprint density at radius 2 is 1.92 bits per heavy atom. The highest BCUT2D eigenvalue weighted by Gasteiger charge is 2.26. The minimum atomic E-state index is -4.36. The second kappa shape index (κ2) is 7.30. The summed E-state index contributed by atoms with van der Waals surface area (Å²) in [6.07, 6.45) is -0.616. The summed E-state index contributed by atoms with van der Waals surface area (Å²) < 4.78 is 57.3. The van der Waals surface area contributed by atoms with E-state index >= 15 is 0 Å². The zero-order chi connectivity index (χ0) is 17.7. The number of aromatic nitrogens is 2. The lowest BCUT2D eigenvalue weighted by Crippen LogP contribution is -2.32. The second-order valence-electron chi connectivity index (χ2n) is 4.41. The third kappa shape index (κ3) is 3.82. The molecule has 0 fully saturated rings. The predicted octanol–water partition coefficient (Wildman–Crippen LogP) is 1.93. The fourth-order valence-corrected chi connectivity index (χ4v) is 2.90. The van der Waals surface area contributed by atoms with E-state index in [4.69, 9.17) is 4.74 Å². The molecule has 10 heteroatoms. The molecule has 1 amide bonds. The van der Waals surface area contributed by atoms with Gasteiger partial charge in [0.15, 0.2) is 0 Å². The van der Waals surface area contributed by atoms with Gasteiger partial charge in [-0.1, -0.05) is 0 Å². The third-order valence-corrected chi connectivity index (χ3v) is 4.17. The number of amides is 1. The van der Waals surface area contributed by atoms with Gasteiger partial charge in [0.1, 0.15) is 10.6 Å². The van der Waals surface area contributed by atoms with Crippen molar-refractivity contribution in [2.75, 3.05) is 6.61 Å². The van der Waals surface area contributed by atoms with Gasteiger partial charge in [-0.15, -0.1) is 0 Å². The van der Waals surface area contributed by atoms with E-state index in [9.17, 15) is 22.0 Å². The molecular weight excluding hydrogens is 344 g/mol. The van der Waals surface area contributed by atoms with Crippen molar-refractivity contribution in [3.63, 3.8) is 0 Å². The molecule has 128 valence electrons. The molecule has 2 heterocycles. The molecule has 0 saturated carbocycles. The molecule has 0 atom stereocenters. The highest BCUT2D eigenvalue weighted by Crippen LogP contribution is 2.23. The van der Waals surface area contributed by atoms with Crippen molar-refractivity contribution in [1.29, 1.82) is 0 Å². The normalized spacial score (nSPS) is 11.3. The zero-order valence-electron chi connectivity index (χ0n) is 12.4. The number of pyridine rings is 2. The second-order valence-corrected chi connectivity index (χ2v) is 6.06. The molecule has 1 N–H and O–H groups in total. The first-order chi connectivity index (χ1) is 11.4. The van der Waals surface area contributed by atoms with Crippen molar-refractivity contribution >= 4 is 15.9 Å². The van der Waals surface area contributed by atoms with E-state index in [1.165, 1.54) is 24.4 Å². The average Bonchev–Trinajstić information content (AvgIpc) is 2.55. The lowest BCUT2D eigenvalue weighted by Gasteiger charge is -2.11. The standard InChI is InChI=1S/C14H13F2N3O4S/c1-2-23-14-10(6-4-8-18-14)24(21,22)19-13(20)9-5-3-7-17-11(9)12(15)16/h3-8,12H,2H2,1H3,(H,19,20). The fourth-order valence-electron chi connectivity index (χ4n) is 1.84. The number of nitrogens with one attached hydrogen (secondary N) is 1. The first kappa shape index (κ1) is 17.7. The van der Waals surface area contributed by atoms with Crippen molar-refractivity contribution in [1.82, 2.24) is 14.7 Å². The molecule has 0 radical (unpaired) electrons. The van der Waals surface area contributed by atoms with Gasteiger partial charge in [-0.2, -0.15) is 0 Å². The van der Waals surface area contributed by atoms with E-state index in [0.29, 0.717) is 0 Å². The van der Waals surface area contributed by atoms with Crippen molar-refractivity contribution in [3.05, 3.63) is 47.9 Å². The van der Waals surface area contributed by atoms with Crippen LogP contribution in [0.25, 0.3) is 0 Å². The molecule has 0 spiro atoms. The Bertz CT molecular complexity index is 843. The van der Waals surface area contributed by atoms with Gasteiger partial charge in [0.25, 0.3) is 22.4 Å². The van der Waals surface area contributed by atoms with Crippen molar-refractivity contribution in [3.8, 4) is 5.88 Å². The summed E-state index contributed by atoms with van der Waals surface area (Å²) in [5, 5.41) is 0. The summed E-state index contributed by atoms with van der Waals surface area (Å²) in [6, 6.07) is 4.84. The molecule has 24 heavy (non-hydrogen) atoms. The summed E-state index contributed by atoms with van der Waals surface area (Å²) >= 11 is 0. The maximum Gasteiger partial charge on any atom is 0.281 e. The van der Waals surface area contributed by atoms with E-state index in [1.807, 2.05) is 0 Å². The predicted molar refractivity (Wildman–Crippen MR) is 79.3 cm³/mol. The number of nitrogens with zero attached hydrogens (tertiary/aromatic N) is 2. The number of alkyl halides is 2. The van der Waals surface area contributed by atoms with Gasteiger partial charge in [0, 0.05) is 12.4 Å². The lowest BCUT2D eigenvalue weighted by molar-refractivity contribution is 0.0964. The van der Waals surface area contributed by atoms with Gasteiger partial charge in [0.2, 0.25) is 5.88 Å². The SMILES string of the molecule is CCOc1ncccc1S(=O)(=O)NC(=O)c1cccnc1C(F)F. The topological polar surface area (TPSA) is 98.2 Å². The van der Waals surface area contributed by atoms with Gasteiger partial charge in [-0.3, -0.25) is 9.78 Å². The number of halogens is 2. The molecule has 0 unspecified atom stereocenters. The van der Waals surface area contributed by atoms with Crippen LogP contribution in [0, 0.1) is 0 Å². The Hall–Kier alpha value is -2.62. The van der Waals surface area contributed by atoms with Crippen LogP contribution in [0.3, 0.4) is 0 Å². The van der Waals surface area contributed by atoms with Gasteiger partial charge < -0.3 is 4.74 Å². The summed E-state index contributed by atoms with van der Waals surface area (Å²) in [5.41, 5.74) is -1.33. The van der Waals surface area contributed by atoms with Gasteiger partial charge in [0.05, 0.1) is 12.2 Å². The van der Waals surface area contributed by atoms with E-state index < -0.39 is 33.6 Å². The van der Waals surface area contributed by atoms with Crippen LogP contribution in [-0.2, 0) is 10.0 Å². The Kier molecular flexibility index (Phi) is 5.39. The van der Waals surface area contributed by atoms with Gasteiger partial charge in [-0.25, -0.2) is 26.9 Å². The average molecular weight is 357 g/mol. The van der Waals surface area contributed by atoms with Crippen LogP contribution in [0.1, 0.15) is 29.4 Å². The Morgan fingerprint density at radius 1 is 1.25 bits per heavy atom. The molecule has 0 aromatic carbocycles. The largest absolute Gasteiger partial charge is 0.477 e. The van der Waals surface area contributed by atoms with E-state index in [0.717, 1.165) is 12.3 Å². The molecule has 0 bridgehead atoms. The number of sulfonamides is 1. The summed E-state index contributed by atoms with van der Waals surface area (Å²) in [7, 11) is -4.36. The monoisotopic (exact) mass is 357 g/mol. The summed E-state index contributed by atoms with van der Waals surface area (Å²) in [4.78, 5) is 18.9. The Balaban J connectivity index is 2.35. The number of rotatable bonds is 6. The summed E-state index contributed by atoms with van der Waals surface area (Å²) in [5.74, 6) is -1.41. The molecule has 0 saturated heterocycles. The molecule has 7 nitrogen and oxygen atoms in total. The molecule has 0 aliphatic rings. The highest BCUT2D eigenvalue weighted by molar-refractivity contribution is 7.90. The van der Waals surface area contributed by atoms with Crippen LogP contribution >= 0.6 is 0 Å². The van der Waals surface area contributed by atoms with Crippen LogP contribution in [0.4, 0.5) is 8.78 Å². The van der Waals surface area contributed by atoms with Crippen LogP contribution in [0.2, 0.25) is 0 Å². The minimum Gasteiger partial charge on any atom is -0.477 e. The molecule has 2 aromatic rings. The van der Waals surface area contributed by atoms with Crippen LogP contribution in [-0.4, -0.2) is 30.9 Å². The van der Waals surface area contributed by atoms with Gasteiger partial charge in [-0.05, 0) is 31.2 Å². The minimum absolute atomic E-state index is 0.158. The maximum atomic E-state index is 12.9. The first-order valence-corrected chi connectivity index (χ1v) is 8.23. The van der Waals surface area contributed by atoms with E-state index in [2.05, 4.69) is 9.97 Å². The molecule has 2 aromatic heterocycles. The van der Waals surface area contributed by atoms with E-state index in [1.54, 1.807) is 11.6 Å². The highest BCUT2D eigenvalue weighted by atomic mass is 32.2. The fraction of sp³-hybridized carbons (Fsp3) is 0.214. The van der Waals surface area contributed by atoms with Crippen LogP contribution in [0.15, 0.2) is 41.6 Å². The van der Waals surface area contributed by atoms with Crippen LogP contribution in [0.5, 0.6) is 5.88 Å². The number of ether oxygens (including phenoxy) is 1. The quantitative estimate of drug-likeness (QED) is 0.848. The Labute approximate surface area is 136 Å².